The summed E-state index contributed by atoms with van der Waals surface area (Å²) in [5, 5.41) is 3.26. The maximum absolute atomic E-state index is 12.6. The van der Waals surface area contributed by atoms with Crippen LogP contribution in [0.4, 0.5) is 11.4 Å². The fourth-order valence-corrected chi connectivity index (χ4v) is 4.91. The molecule has 1 amide bonds. The van der Waals surface area contributed by atoms with E-state index in [-0.39, 0.29) is 10.8 Å². The first-order valence-electron chi connectivity index (χ1n) is 9.24. The number of carbonyl (C=O) groups excluding carboxylic acids is 1. The maximum atomic E-state index is 12.6. The number of halogens is 2. The summed E-state index contributed by atoms with van der Waals surface area (Å²) in [5.74, 6) is 0.878. The van der Waals surface area contributed by atoms with Gasteiger partial charge in [0, 0.05) is 20.9 Å². The van der Waals surface area contributed by atoms with E-state index >= 15 is 0 Å². The summed E-state index contributed by atoms with van der Waals surface area (Å²) in [6.45, 7) is 1.84. The number of hydrogen-bond acceptors (Lipinski definition) is 4. The third-order valence-electron chi connectivity index (χ3n) is 4.29. The molecule has 9 heteroatoms. The maximum Gasteiger partial charge on any atom is 0.261 e. The number of thioether (sulfide) groups is 1. The van der Waals surface area contributed by atoms with Crippen LogP contribution in [0.15, 0.2) is 76.1 Å². The molecule has 0 saturated carbocycles. The fourth-order valence-electron chi connectivity index (χ4n) is 2.63. The van der Waals surface area contributed by atoms with E-state index in [1.165, 1.54) is 23.9 Å². The highest BCUT2D eigenvalue weighted by atomic mass is 79.9. The van der Waals surface area contributed by atoms with E-state index in [4.69, 9.17) is 11.6 Å². The van der Waals surface area contributed by atoms with Gasteiger partial charge in [-0.2, -0.15) is 0 Å². The van der Waals surface area contributed by atoms with Crippen molar-refractivity contribution in [3.8, 4) is 0 Å². The number of nitrogens with one attached hydrogen (secondary N) is 2. The molecular weight excluding hydrogens is 520 g/mol. The molecule has 0 bridgehead atoms. The number of anilines is 2. The van der Waals surface area contributed by atoms with Crippen LogP contribution < -0.4 is 10.0 Å². The van der Waals surface area contributed by atoms with Gasteiger partial charge < -0.3 is 5.32 Å². The lowest BCUT2D eigenvalue weighted by Crippen LogP contribution is -2.15. The van der Waals surface area contributed by atoms with Crippen LogP contribution in [0.3, 0.4) is 0 Å². The molecule has 31 heavy (non-hydrogen) atoms. The molecule has 3 aromatic carbocycles. The number of benzene rings is 3. The van der Waals surface area contributed by atoms with Crippen LogP contribution in [-0.2, 0) is 20.6 Å². The summed E-state index contributed by atoms with van der Waals surface area (Å²) in [4.78, 5) is 12.2. The summed E-state index contributed by atoms with van der Waals surface area (Å²) in [5.41, 5.74) is 2.92. The van der Waals surface area contributed by atoms with Crippen LogP contribution in [0, 0.1) is 6.92 Å². The van der Waals surface area contributed by atoms with Crippen molar-refractivity contribution in [3.05, 3.63) is 87.4 Å². The molecule has 0 atom stereocenters. The molecule has 0 heterocycles. The number of carbonyl (C=O) groups is 1. The van der Waals surface area contributed by atoms with Crippen molar-refractivity contribution in [2.75, 3.05) is 15.8 Å². The van der Waals surface area contributed by atoms with Crippen LogP contribution in [-0.4, -0.2) is 20.1 Å². The lowest BCUT2D eigenvalue weighted by molar-refractivity contribution is -0.113. The van der Waals surface area contributed by atoms with Crippen molar-refractivity contribution in [3.63, 3.8) is 0 Å². The van der Waals surface area contributed by atoms with Gasteiger partial charge in [0.2, 0.25) is 5.91 Å². The van der Waals surface area contributed by atoms with E-state index < -0.39 is 10.0 Å². The highest BCUT2D eigenvalue weighted by Crippen LogP contribution is 2.23. The SMILES string of the molecule is Cc1ccc(NS(=O)(=O)c2ccc(NC(=O)CSCc3ccc(Br)cc3)cc2)cc1Cl. The Kier molecular flexibility index (Phi) is 8.05. The summed E-state index contributed by atoms with van der Waals surface area (Å²) < 4.78 is 28.7. The molecule has 0 aliphatic rings. The molecular formula is C22H20BrClN2O3S2. The molecule has 0 fully saturated rings. The summed E-state index contributed by atoms with van der Waals surface area (Å²) in [6.07, 6.45) is 0. The van der Waals surface area contributed by atoms with Crippen LogP contribution in [0.2, 0.25) is 5.02 Å². The number of rotatable bonds is 8. The average molecular weight is 540 g/mol. The molecule has 0 radical (unpaired) electrons. The second-order valence-corrected chi connectivity index (χ2v) is 10.8. The molecule has 5 nitrogen and oxygen atoms in total. The first kappa shape index (κ1) is 23.7. The minimum atomic E-state index is -3.76. The van der Waals surface area contributed by atoms with Crippen LogP contribution in [0.5, 0.6) is 0 Å². The van der Waals surface area contributed by atoms with Gasteiger partial charge in [0.25, 0.3) is 10.0 Å². The Labute approximate surface area is 199 Å². The number of hydrogen-bond donors (Lipinski definition) is 2. The van der Waals surface area contributed by atoms with Crippen molar-refractivity contribution in [1.82, 2.24) is 0 Å². The third kappa shape index (κ3) is 7.00. The molecule has 0 aliphatic carbocycles. The zero-order valence-corrected chi connectivity index (χ0v) is 20.5. The summed E-state index contributed by atoms with van der Waals surface area (Å²) >= 11 is 11.0. The van der Waals surface area contributed by atoms with Crippen molar-refractivity contribution < 1.29 is 13.2 Å². The van der Waals surface area contributed by atoms with Gasteiger partial charge >= 0.3 is 0 Å². The quantitative estimate of drug-likeness (QED) is 0.364. The largest absolute Gasteiger partial charge is 0.325 e. The Morgan fingerprint density at radius 2 is 1.65 bits per heavy atom. The smallest absolute Gasteiger partial charge is 0.261 e. The Morgan fingerprint density at radius 3 is 2.29 bits per heavy atom. The van der Waals surface area contributed by atoms with Crippen molar-refractivity contribution in [2.45, 2.75) is 17.6 Å². The molecule has 0 aromatic heterocycles. The standard InChI is InChI=1S/C22H20BrClN2O3S2/c1-15-2-7-19(12-21(15)24)26-31(28,29)20-10-8-18(9-11-20)25-22(27)14-30-13-16-3-5-17(23)6-4-16/h2-12,26H,13-14H2,1H3,(H,25,27). The van der Waals surface area contributed by atoms with E-state index in [1.807, 2.05) is 31.2 Å². The van der Waals surface area contributed by atoms with Gasteiger partial charge in [0.05, 0.1) is 16.3 Å². The van der Waals surface area contributed by atoms with E-state index in [1.54, 1.807) is 30.3 Å². The number of aryl methyl sites for hydroxylation is 1. The zero-order valence-electron chi connectivity index (χ0n) is 16.6. The Morgan fingerprint density at radius 1 is 1.00 bits per heavy atom. The van der Waals surface area contributed by atoms with Gasteiger partial charge in [-0.05, 0) is 66.6 Å². The second-order valence-electron chi connectivity index (χ2n) is 6.76. The van der Waals surface area contributed by atoms with E-state index in [2.05, 4.69) is 26.0 Å². The van der Waals surface area contributed by atoms with Gasteiger partial charge in [0.1, 0.15) is 0 Å². The zero-order chi connectivity index (χ0) is 22.4. The highest BCUT2D eigenvalue weighted by Gasteiger charge is 2.15. The van der Waals surface area contributed by atoms with E-state index in [0.717, 1.165) is 21.4 Å². The van der Waals surface area contributed by atoms with E-state index in [0.29, 0.717) is 22.2 Å². The van der Waals surface area contributed by atoms with Crippen molar-refractivity contribution in [1.29, 1.82) is 0 Å². The fraction of sp³-hybridized carbons (Fsp3) is 0.136. The molecule has 2 N–H and O–H groups in total. The number of sulfonamides is 1. The van der Waals surface area contributed by atoms with Crippen LogP contribution in [0.1, 0.15) is 11.1 Å². The van der Waals surface area contributed by atoms with Gasteiger partial charge in [-0.25, -0.2) is 8.42 Å². The van der Waals surface area contributed by atoms with Crippen LogP contribution >= 0.6 is 39.3 Å². The topological polar surface area (TPSA) is 75.3 Å². The molecule has 0 unspecified atom stereocenters. The van der Waals surface area contributed by atoms with Gasteiger partial charge in [-0.1, -0.05) is 45.7 Å². The van der Waals surface area contributed by atoms with Crippen LogP contribution in [0.25, 0.3) is 0 Å². The number of amides is 1. The summed E-state index contributed by atoms with van der Waals surface area (Å²) in [7, 11) is -3.76. The lowest BCUT2D eigenvalue weighted by atomic mass is 10.2. The molecule has 3 aromatic rings. The van der Waals surface area contributed by atoms with Gasteiger partial charge in [0.15, 0.2) is 0 Å². The minimum Gasteiger partial charge on any atom is -0.325 e. The Balaban J connectivity index is 1.54. The van der Waals surface area contributed by atoms with Gasteiger partial charge in [-0.3, -0.25) is 9.52 Å². The highest BCUT2D eigenvalue weighted by molar-refractivity contribution is 9.10. The molecule has 3 rings (SSSR count). The summed E-state index contributed by atoms with van der Waals surface area (Å²) in [6, 6.07) is 18.9. The first-order chi connectivity index (χ1) is 14.7. The van der Waals surface area contributed by atoms with E-state index in [9.17, 15) is 13.2 Å². The lowest BCUT2D eigenvalue weighted by Gasteiger charge is -2.10. The third-order valence-corrected chi connectivity index (χ3v) is 7.62. The monoisotopic (exact) mass is 538 g/mol. The van der Waals surface area contributed by atoms with Crippen molar-refractivity contribution in [2.24, 2.45) is 0 Å². The normalized spacial score (nSPS) is 11.2. The molecule has 0 saturated heterocycles. The van der Waals surface area contributed by atoms with Gasteiger partial charge in [-0.15, -0.1) is 11.8 Å². The predicted octanol–water partition coefficient (Wildman–Crippen LogP) is 6.08. The molecule has 0 aliphatic heterocycles. The second kappa shape index (κ2) is 10.5. The Bertz CT molecular complexity index is 1170. The van der Waals surface area contributed by atoms with Crippen molar-refractivity contribution >= 4 is 66.6 Å². The minimum absolute atomic E-state index is 0.0896. The molecule has 0 spiro atoms. The predicted molar refractivity (Wildman–Crippen MR) is 132 cm³/mol. The average Bonchev–Trinajstić information content (AvgIpc) is 2.72. The molecule has 162 valence electrons. The first-order valence-corrected chi connectivity index (χ1v) is 13.0. The Hall–Kier alpha value is -2.00.